The van der Waals surface area contributed by atoms with E-state index in [1.165, 1.54) is 70.6 Å². The van der Waals surface area contributed by atoms with Crippen molar-refractivity contribution in [2.75, 3.05) is 26.4 Å². The van der Waals surface area contributed by atoms with E-state index in [2.05, 4.69) is 13.8 Å². The van der Waals surface area contributed by atoms with Crippen LogP contribution in [0.5, 0.6) is 0 Å². The second-order valence-corrected chi connectivity index (χ2v) is 10.8. The van der Waals surface area contributed by atoms with Crippen molar-refractivity contribution in [3.05, 3.63) is 0 Å². The van der Waals surface area contributed by atoms with Gasteiger partial charge in [-0.3, -0.25) is 4.79 Å². The zero-order chi connectivity index (χ0) is 31.5. The van der Waals surface area contributed by atoms with Crippen molar-refractivity contribution in [2.45, 2.75) is 183 Å². The molecule has 0 bridgehead atoms. The molecule has 0 heterocycles. The summed E-state index contributed by atoms with van der Waals surface area (Å²) < 4.78 is 0. The van der Waals surface area contributed by atoms with E-state index in [0.29, 0.717) is 6.42 Å². The molecule has 0 saturated heterocycles. The van der Waals surface area contributed by atoms with Gasteiger partial charge in [0, 0.05) is 6.42 Å². The molecular weight excluding hydrogens is 596 g/mol. The largest absolute Gasteiger partial charge is 4.00 e. The summed E-state index contributed by atoms with van der Waals surface area (Å²) >= 11 is 0. The molecule has 41 heavy (non-hydrogen) atoms. The van der Waals surface area contributed by atoms with Crippen LogP contribution in [0, 0.1) is 5.92 Å². The molecule has 0 unspecified atom stereocenters. The van der Waals surface area contributed by atoms with Gasteiger partial charge in [-0.1, -0.05) is 170 Å². The summed E-state index contributed by atoms with van der Waals surface area (Å²) in [5.74, 6) is 0.212. The number of rotatable bonds is 23. The Morgan fingerprint density at radius 3 is 0.902 bits per heavy atom. The molecule has 0 atom stereocenters. The van der Waals surface area contributed by atoms with Crippen LogP contribution >= 0.6 is 0 Å². The maximum absolute atomic E-state index is 10.3. The predicted octanol–water partition coefficient (Wildman–Crippen LogP) is 6.77. The molecule has 0 aliphatic rings. The van der Waals surface area contributed by atoms with E-state index in [-0.39, 0.29) is 52.6 Å². The van der Waals surface area contributed by atoms with Gasteiger partial charge < -0.3 is 25.5 Å². The van der Waals surface area contributed by atoms with Crippen molar-refractivity contribution < 1.29 is 56.5 Å². The second kappa shape index (κ2) is 59.6. The third-order valence-electron chi connectivity index (χ3n) is 5.91. The van der Waals surface area contributed by atoms with E-state index in [4.69, 9.17) is 5.11 Å². The number of carbonyl (C=O) groups is 1. The Balaban J connectivity index is -0.000000118. The number of carboxylic acid groups (broad SMARTS) is 1. The Bertz CT molecular complexity index is 352. The van der Waals surface area contributed by atoms with E-state index < -0.39 is 5.97 Å². The topological polar surface area (TPSA) is 130 Å². The summed E-state index contributed by atoms with van der Waals surface area (Å²) in [6.45, 7) is 13.0. The molecule has 0 radical (unpaired) electrons. The van der Waals surface area contributed by atoms with Gasteiger partial charge in [0.1, 0.15) is 0 Å². The smallest absolute Gasteiger partial charge is 0.854 e. The summed E-state index contributed by atoms with van der Waals surface area (Å²) in [4.78, 5) is 10.3. The van der Waals surface area contributed by atoms with E-state index in [1.54, 1.807) is 0 Å². The Morgan fingerprint density at radius 1 is 0.488 bits per heavy atom. The minimum absolute atomic E-state index is 0. The van der Waals surface area contributed by atoms with Crippen LogP contribution in [0.15, 0.2) is 0 Å². The molecule has 6 nitrogen and oxygen atoms in total. The molecule has 0 amide bonds. The fourth-order valence-corrected chi connectivity index (χ4v) is 3.17. The Morgan fingerprint density at radius 2 is 0.732 bits per heavy atom. The zero-order valence-electron chi connectivity index (χ0n) is 28.5. The van der Waals surface area contributed by atoms with Gasteiger partial charge in [-0.05, 0) is 12.3 Å². The third kappa shape index (κ3) is 92.4. The molecular formula is C34H72O6Zr. The Kier molecular flexibility index (Phi) is 78.1. The van der Waals surface area contributed by atoms with Crippen molar-refractivity contribution in [3.63, 3.8) is 0 Å². The van der Waals surface area contributed by atoms with Crippen molar-refractivity contribution in [2.24, 2.45) is 5.92 Å². The fraction of sp³-hybridized carbons (Fsp3) is 0.971. The van der Waals surface area contributed by atoms with Crippen LogP contribution in [-0.2, 0) is 31.0 Å². The SMILES string of the molecule is CC(C)CCCCCCCCCCCCCCC(=O)O.CCCC[O-].CCCC[O-].CCCC[O-].CCCC[O-].[Zr+4]. The molecule has 248 valence electrons. The van der Waals surface area contributed by atoms with Crippen LogP contribution in [0.2, 0.25) is 0 Å². The van der Waals surface area contributed by atoms with Crippen LogP contribution in [0.3, 0.4) is 0 Å². The average molecular weight is 668 g/mol. The fourth-order valence-electron chi connectivity index (χ4n) is 3.17. The van der Waals surface area contributed by atoms with E-state index >= 15 is 0 Å². The predicted molar refractivity (Wildman–Crippen MR) is 166 cm³/mol. The molecule has 0 spiro atoms. The molecule has 0 saturated carbocycles. The molecule has 0 aliphatic carbocycles. The quantitative estimate of drug-likeness (QED) is 0.120. The van der Waals surface area contributed by atoms with Gasteiger partial charge in [0.25, 0.3) is 0 Å². The number of carboxylic acids is 1. The van der Waals surface area contributed by atoms with Crippen molar-refractivity contribution in [1.82, 2.24) is 0 Å². The van der Waals surface area contributed by atoms with Crippen LogP contribution < -0.4 is 20.4 Å². The number of hydrogen-bond acceptors (Lipinski definition) is 5. The van der Waals surface area contributed by atoms with Gasteiger partial charge in [-0.25, -0.2) is 0 Å². The van der Waals surface area contributed by atoms with Crippen LogP contribution in [0.1, 0.15) is 183 Å². The van der Waals surface area contributed by atoms with Gasteiger partial charge in [-0.15, -0.1) is 26.4 Å². The van der Waals surface area contributed by atoms with Gasteiger partial charge in [0.05, 0.1) is 0 Å². The minimum Gasteiger partial charge on any atom is -0.854 e. The van der Waals surface area contributed by atoms with Crippen molar-refractivity contribution in [1.29, 1.82) is 0 Å². The van der Waals surface area contributed by atoms with E-state index in [0.717, 1.165) is 70.1 Å². The molecule has 0 aromatic heterocycles. The monoisotopic (exact) mass is 666 g/mol. The van der Waals surface area contributed by atoms with E-state index in [9.17, 15) is 25.2 Å². The van der Waals surface area contributed by atoms with Gasteiger partial charge >= 0.3 is 32.2 Å². The zero-order valence-corrected chi connectivity index (χ0v) is 30.9. The molecule has 0 rings (SSSR count). The van der Waals surface area contributed by atoms with Crippen LogP contribution in [0.4, 0.5) is 0 Å². The van der Waals surface area contributed by atoms with Gasteiger partial charge in [-0.2, -0.15) is 0 Å². The van der Waals surface area contributed by atoms with Crippen molar-refractivity contribution >= 4 is 5.97 Å². The molecule has 1 N–H and O–H groups in total. The summed E-state index contributed by atoms with van der Waals surface area (Å²) in [5, 5.41) is 46.6. The second-order valence-electron chi connectivity index (χ2n) is 10.8. The molecule has 0 fully saturated rings. The summed E-state index contributed by atoms with van der Waals surface area (Å²) in [6.07, 6.45) is 24.8. The summed E-state index contributed by atoms with van der Waals surface area (Å²) in [6, 6.07) is 0. The van der Waals surface area contributed by atoms with Gasteiger partial charge in [0.2, 0.25) is 0 Å². The first-order valence-corrected chi connectivity index (χ1v) is 16.8. The molecule has 0 aromatic rings. The Hall–Kier alpha value is 0.193. The maximum Gasteiger partial charge on any atom is 4.00 e. The minimum atomic E-state index is -0.654. The normalized spacial score (nSPS) is 9.54. The summed E-state index contributed by atoms with van der Waals surface area (Å²) in [7, 11) is 0. The van der Waals surface area contributed by atoms with Crippen molar-refractivity contribution in [3.8, 4) is 0 Å². The number of unbranched alkanes of at least 4 members (excludes halogenated alkanes) is 15. The first-order valence-electron chi connectivity index (χ1n) is 16.8. The number of aliphatic carboxylic acids is 1. The first kappa shape index (κ1) is 53.7. The number of hydrogen-bond donors (Lipinski definition) is 1. The third-order valence-corrected chi connectivity index (χ3v) is 5.91. The molecule has 0 aromatic carbocycles. The molecule has 0 aliphatic heterocycles. The maximum atomic E-state index is 10.3. The van der Waals surface area contributed by atoms with Gasteiger partial charge in [0.15, 0.2) is 0 Å². The first-order chi connectivity index (χ1) is 19.3. The summed E-state index contributed by atoms with van der Waals surface area (Å²) in [5.41, 5.74) is 0. The molecule has 7 heteroatoms. The van der Waals surface area contributed by atoms with Crippen LogP contribution in [-0.4, -0.2) is 37.5 Å². The van der Waals surface area contributed by atoms with E-state index in [1.807, 2.05) is 27.7 Å². The van der Waals surface area contributed by atoms with Crippen LogP contribution in [0.25, 0.3) is 0 Å². The average Bonchev–Trinajstić information content (AvgIpc) is 2.92. The Labute approximate surface area is 276 Å². The standard InChI is InChI=1S/C18H36O2.4C4H9O.Zr/c1-17(2)15-13-11-9-7-5-3-4-6-8-10-12-14-16-18(19)20;4*1-2-3-4-5;/h17H,3-16H2,1-2H3,(H,19,20);4*2-4H2,1H3;/q;4*-1;+4.